The van der Waals surface area contributed by atoms with E-state index in [9.17, 15) is 14.0 Å². The van der Waals surface area contributed by atoms with E-state index in [1.54, 1.807) is 18.2 Å². The molecule has 9 heteroatoms. The maximum absolute atomic E-state index is 13.2. The summed E-state index contributed by atoms with van der Waals surface area (Å²) in [5.74, 6) is 0.889. The second kappa shape index (κ2) is 10.8. The number of halogens is 1. The molecule has 0 unspecified atom stereocenters. The van der Waals surface area contributed by atoms with E-state index in [4.69, 9.17) is 4.74 Å². The van der Waals surface area contributed by atoms with Gasteiger partial charge in [0.2, 0.25) is 5.91 Å². The van der Waals surface area contributed by atoms with E-state index < -0.39 is 0 Å². The van der Waals surface area contributed by atoms with Gasteiger partial charge in [0.1, 0.15) is 23.9 Å². The topological polar surface area (TPSA) is 79.7 Å². The Morgan fingerprint density at radius 1 is 0.971 bits per heavy atom. The minimum atomic E-state index is -0.329. The summed E-state index contributed by atoms with van der Waals surface area (Å²) in [7, 11) is 0. The Hall–Kier alpha value is -3.88. The molecule has 0 bridgehead atoms. The number of nitrogens with zero attached hydrogens (tertiary/aromatic N) is 4. The van der Waals surface area contributed by atoms with E-state index in [1.165, 1.54) is 22.9 Å². The molecule has 2 heterocycles. The summed E-state index contributed by atoms with van der Waals surface area (Å²) < 4.78 is 19.8. The molecular formula is C25H28FN5O3. The number of anilines is 2. The lowest BCUT2D eigenvalue weighted by atomic mass is 10.2. The fraction of sp³-hybridized carbons (Fsp3) is 0.320. The third kappa shape index (κ3) is 5.92. The fourth-order valence-corrected chi connectivity index (χ4v) is 3.83. The van der Waals surface area contributed by atoms with Gasteiger partial charge in [-0.1, -0.05) is 12.1 Å². The SMILES string of the molecule is CCOc1ccc(CNC(=O)Cn2nc(N3CCN(c4ccc(F)cc4)CC3)ccc2=O)cc1. The van der Waals surface area contributed by atoms with Crippen LogP contribution >= 0.6 is 0 Å². The van der Waals surface area contributed by atoms with Crippen molar-refractivity contribution < 1.29 is 13.9 Å². The number of amides is 1. The number of rotatable bonds is 8. The van der Waals surface area contributed by atoms with Crippen molar-refractivity contribution >= 4 is 17.4 Å². The average Bonchev–Trinajstić information content (AvgIpc) is 2.86. The molecule has 178 valence electrons. The molecule has 1 N–H and O–H groups in total. The van der Waals surface area contributed by atoms with Crippen molar-refractivity contribution in [2.45, 2.75) is 20.0 Å². The summed E-state index contributed by atoms with van der Waals surface area (Å²) in [4.78, 5) is 29.0. The van der Waals surface area contributed by atoms with E-state index in [-0.39, 0.29) is 23.8 Å². The first-order valence-electron chi connectivity index (χ1n) is 11.3. The van der Waals surface area contributed by atoms with Crippen molar-refractivity contribution in [3.63, 3.8) is 0 Å². The monoisotopic (exact) mass is 465 g/mol. The van der Waals surface area contributed by atoms with Gasteiger partial charge in [0, 0.05) is 44.5 Å². The summed E-state index contributed by atoms with van der Waals surface area (Å²) in [6, 6.07) is 17.1. The van der Waals surface area contributed by atoms with Crippen LogP contribution < -0.4 is 25.4 Å². The number of carbonyl (C=O) groups is 1. The highest BCUT2D eigenvalue weighted by molar-refractivity contribution is 5.75. The molecule has 0 saturated carbocycles. The summed E-state index contributed by atoms with van der Waals surface area (Å²) in [5, 5.41) is 7.24. The largest absolute Gasteiger partial charge is 0.494 e. The highest BCUT2D eigenvalue weighted by Crippen LogP contribution is 2.19. The summed E-state index contributed by atoms with van der Waals surface area (Å²) >= 11 is 0. The highest BCUT2D eigenvalue weighted by atomic mass is 19.1. The minimum Gasteiger partial charge on any atom is -0.494 e. The van der Waals surface area contributed by atoms with Gasteiger partial charge in [0.25, 0.3) is 5.56 Å². The lowest BCUT2D eigenvalue weighted by Crippen LogP contribution is -2.47. The number of ether oxygens (including phenoxy) is 1. The molecular weight excluding hydrogens is 437 g/mol. The molecule has 0 aliphatic carbocycles. The Kier molecular flexibility index (Phi) is 7.41. The molecule has 3 aromatic rings. The summed E-state index contributed by atoms with van der Waals surface area (Å²) in [6.07, 6.45) is 0. The minimum absolute atomic E-state index is 0.154. The lowest BCUT2D eigenvalue weighted by molar-refractivity contribution is -0.122. The van der Waals surface area contributed by atoms with E-state index in [2.05, 4.69) is 20.2 Å². The van der Waals surface area contributed by atoms with Crippen LogP contribution in [-0.4, -0.2) is 48.5 Å². The Labute approximate surface area is 197 Å². The number of hydrogen-bond acceptors (Lipinski definition) is 6. The lowest BCUT2D eigenvalue weighted by Gasteiger charge is -2.36. The molecule has 1 saturated heterocycles. The van der Waals surface area contributed by atoms with Crippen LogP contribution in [0.25, 0.3) is 0 Å². The molecule has 1 aromatic heterocycles. The van der Waals surface area contributed by atoms with Gasteiger partial charge in [-0.3, -0.25) is 9.59 Å². The molecule has 1 aliphatic rings. The number of aromatic nitrogens is 2. The van der Waals surface area contributed by atoms with Crippen LogP contribution in [0.5, 0.6) is 5.75 Å². The van der Waals surface area contributed by atoms with Crippen LogP contribution in [0, 0.1) is 5.82 Å². The van der Waals surface area contributed by atoms with Gasteiger partial charge < -0.3 is 19.9 Å². The van der Waals surface area contributed by atoms with Gasteiger partial charge in [-0.25, -0.2) is 9.07 Å². The Morgan fingerprint density at radius 2 is 1.65 bits per heavy atom. The Balaban J connectivity index is 1.32. The normalized spacial score (nSPS) is 13.6. The smallest absolute Gasteiger partial charge is 0.267 e. The third-order valence-electron chi connectivity index (χ3n) is 5.67. The molecule has 1 amide bonds. The maximum Gasteiger partial charge on any atom is 0.267 e. The molecule has 34 heavy (non-hydrogen) atoms. The molecule has 0 atom stereocenters. The van der Waals surface area contributed by atoms with Crippen LogP contribution in [0.4, 0.5) is 15.9 Å². The van der Waals surface area contributed by atoms with Crippen LogP contribution in [0.2, 0.25) is 0 Å². The van der Waals surface area contributed by atoms with Gasteiger partial charge in [-0.05, 0) is 55.0 Å². The zero-order valence-corrected chi connectivity index (χ0v) is 19.1. The molecule has 1 aliphatic heterocycles. The van der Waals surface area contributed by atoms with Crippen molar-refractivity contribution in [1.29, 1.82) is 0 Å². The van der Waals surface area contributed by atoms with Crippen molar-refractivity contribution in [2.24, 2.45) is 0 Å². The van der Waals surface area contributed by atoms with Crippen LogP contribution in [-0.2, 0) is 17.9 Å². The molecule has 0 spiro atoms. The van der Waals surface area contributed by atoms with Crippen LogP contribution in [0.15, 0.2) is 65.5 Å². The standard InChI is InChI=1S/C25H28FN5O3/c1-2-34-22-9-3-19(4-10-22)17-27-24(32)18-31-25(33)12-11-23(28-31)30-15-13-29(14-16-30)21-7-5-20(26)6-8-21/h3-12H,2,13-18H2,1H3,(H,27,32). The molecule has 2 aromatic carbocycles. The first-order chi connectivity index (χ1) is 16.5. The summed E-state index contributed by atoms with van der Waals surface area (Å²) in [6.45, 7) is 5.61. The van der Waals surface area contributed by atoms with Gasteiger partial charge in [-0.2, -0.15) is 5.10 Å². The number of piperazine rings is 1. The molecule has 0 radical (unpaired) electrons. The Bertz CT molecular complexity index is 1160. The highest BCUT2D eigenvalue weighted by Gasteiger charge is 2.19. The van der Waals surface area contributed by atoms with Crippen molar-refractivity contribution in [3.05, 3.63) is 82.4 Å². The third-order valence-corrected chi connectivity index (χ3v) is 5.67. The fourth-order valence-electron chi connectivity index (χ4n) is 3.83. The second-order valence-corrected chi connectivity index (χ2v) is 7.99. The van der Waals surface area contributed by atoms with E-state index >= 15 is 0 Å². The van der Waals surface area contributed by atoms with Crippen molar-refractivity contribution in [3.8, 4) is 5.75 Å². The number of nitrogens with one attached hydrogen (secondary N) is 1. The molecule has 8 nitrogen and oxygen atoms in total. The molecule has 4 rings (SSSR count). The van der Waals surface area contributed by atoms with E-state index in [0.29, 0.717) is 32.1 Å². The zero-order valence-electron chi connectivity index (χ0n) is 19.1. The van der Waals surface area contributed by atoms with Crippen molar-refractivity contribution in [2.75, 3.05) is 42.6 Å². The number of hydrogen-bond donors (Lipinski definition) is 1. The predicted molar refractivity (Wildman–Crippen MR) is 129 cm³/mol. The number of carbonyl (C=O) groups excluding carboxylic acids is 1. The van der Waals surface area contributed by atoms with E-state index in [1.807, 2.05) is 31.2 Å². The predicted octanol–water partition coefficient (Wildman–Crippen LogP) is 2.42. The van der Waals surface area contributed by atoms with Gasteiger partial charge in [0.15, 0.2) is 0 Å². The van der Waals surface area contributed by atoms with E-state index in [0.717, 1.165) is 30.1 Å². The molecule has 1 fully saturated rings. The average molecular weight is 466 g/mol. The van der Waals surface area contributed by atoms with Gasteiger partial charge in [0.05, 0.1) is 6.61 Å². The van der Waals surface area contributed by atoms with Gasteiger partial charge >= 0.3 is 0 Å². The summed E-state index contributed by atoms with van der Waals surface area (Å²) in [5.41, 5.74) is 1.58. The maximum atomic E-state index is 13.2. The quantitative estimate of drug-likeness (QED) is 0.551. The Morgan fingerprint density at radius 3 is 2.32 bits per heavy atom. The number of benzene rings is 2. The first kappa shape index (κ1) is 23.3. The zero-order chi connectivity index (χ0) is 23.9. The van der Waals surface area contributed by atoms with Crippen molar-refractivity contribution in [1.82, 2.24) is 15.1 Å². The van der Waals surface area contributed by atoms with Gasteiger partial charge in [-0.15, -0.1) is 0 Å². The first-order valence-corrected chi connectivity index (χ1v) is 11.3. The van der Waals surface area contributed by atoms with Crippen LogP contribution in [0.3, 0.4) is 0 Å². The van der Waals surface area contributed by atoms with Crippen LogP contribution in [0.1, 0.15) is 12.5 Å². The second-order valence-electron chi connectivity index (χ2n) is 7.99.